The molecule has 0 amide bonds. The molecule has 3 rings (SSSR count). The summed E-state index contributed by atoms with van der Waals surface area (Å²) in [6, 6.07) is 10.1. The molecule has 0 unspecified atom stereocenters. The van der Waals surface area contributed by atoms with E-state index in [0.29, 0.717) is 0 Å². The van der Waals surface area contributed by atoms with Crippen molar-refractivity contribution in [1.29, 1.82) is 0 Å². The fraction of sp³-hybridized carbons (Fsp3) is 0.444. The van der Waals surface area contributed by atoms with Gasteiger partial charge in [0.05, 0.1) is 7.11 Å². The molecule has 6 heteroatoms. The van der Waals surface area contributed by atoms with Gasteiger partial charge in [-0.3, -0.25) is 0 Å². The van der Waals surface area contributed by atoms with Crippen molar-refractivity contribution in [2.45, 2.75) is 6.42 Å². The molecule has 1 aromatic heterocycles. The summed E-state index contributed by atoms with van der Waals surface area (Å²) >= 11 is 0. The first-order valence-corrected chi connectivity index (χ1v) is 8.37. The molecule has 1 fully saturated rings. The van der Waals surface area contributed by atoms with Gasteiger partial charge >= 0.3 is 0 Å². The number of piperazine rings is 1. The minimum absolute atomic E-state index is 0.805. The molecule has 0 bridgehead atoms. The van der Waals surface area contributed by atoms with Crippen LogP contribution in [0.15, 0.2) is 36.7 Å². The lowest BCUT2D eigenvalue weighted by molar-refractivity contribution is 0.312. The molecular formula is C18H25N5O. The Morgan fingerprint density at radius 1 is 1.12 bits per heavy atom. The molecule has 2 aromatic rings. The second kappa shape index (κ2) is 7.97. The van der Waals surface area contributed by atoms with E-state index in [-0.39, 0.29) is 0 Å². The zero-order valence-corrected chi connectivity index (χ0v) is 14.4. The fourth-order valence-corrected chi connectivity index (χ4v) is 2.89. The maximum absolute atomic E-state index is 5.39. The van der Waals surface area contributed by atoms with Crippen LogP contribution in [-0.4, -0.2) is 61.7 Å². The molecule has 0 aliphatic carbocycles. The van der Waals surface area contributed by atoms with Crippen LogP contribution in [-0.2, 0) is 6.42 Å². The Morgan fingerprint density at radius 3 is 2.71 bits per heavy atom. The molecule has 1 aromatic carbocycles. The predicted octanol–water partition coefficient (Wildman–Crippen LogP) is 1.89. The highest BCUT2D eigenvalue weighted by atomic mass is 16.5. The number of nitrogens with one attached hydrogen (secondary N) is 1. The Bertz CT molecular complexity index is 655. The lowest BCUT2D eigenvalue weighted by atomic mass is 10.1. The first-order valence-electron chi connectivity index (χ1n) is 8.37. The van der Waals surface area contributed by atoms with Gasteiger partial charge in [-0.25, -0.2) is 9.97 Å². The number of ether oxygens (including phenoxy) is 1. The summed E-state index contributed by atoms with van der Waals surface area (Å²) in [5.41, 5.74) is 1.20. The van der Waals surface area contributed by atoms with Crippen molar-refractivity contribution in [2.75, 3.05) is 57.1 Å². The standard InChI is InChI=1S/C18H25N5O/c1-22-9-11-23(12-10-22)18-13-17(20-14-21-18)19-8-7-15-5-3-4-6-16(15)24-2/h3-6,13-14H,7-12H2,1-2H3,(H,19,20,21). The molecule has 1 N–H and O–H groups in total. The van der Waals surface area contributed by atoms with Crippen molar-refractivity contribution in [1.82, 2.24) is 14.9 Å². The van der Waals surface area contributed by atoms with Crippen molar-refractivity contribution >= 4 is 11.6 Å². The van der Waals surface area contributed by atoms with Crippen LogP contribution in [0.3, 0.4) is 0 Å². The molecule has 2 heterocycles. The summed E-state index contributed by atoms with van der Waals surface area (Å²) in [4.78, 5) is 13.4. The first-order chi connectivity index (χ1) is 11.8. The second-order valence-electron chi connectivity index (χ2n) is 6.04. The largest absolute Gasteiger partial charge is 0.496 e. The van der Waals surface area contributed by atoms with Crippen molar-refractivity contribution in [3.8, 4) is 5.75 Å². The minimum Gasteiger partial charge on any atom is -0.496 e. The van der Waals surface area contributed by atoms with Crippen LogP contribution in [0.25, 0.3) is 0 Å². The van der Waals surface area contributed by atoms with Gasteiger partial charge in [-0.2, -0.15) is 0 Å². The van der Waals surface area contributed by atoms with E-state index in [2.05, 4.69) is 38.2 Å². The van der Waals surface area contributed by atoms with Gasteiger partial charge in [-0.15, -0.1) is 0 Å². The third kappa shape index (κ3) is 4.14. The number of hydrogen-bond donors (Lipinski definition) is 1. The quantitative estimate of drug-likeness (QED) is 0.874. The summed E-state index contributed by atoms with van der Waals surface area (Å²) in [5.74, 6) is 2.80. The van der Waals surface area contributed by atoms with Gasteiger partial charge in [0.1, 0.15) is 23.7 Å². The van der Waals surface area contributed by atoms with Crippen LogP contribution in [0.4, 0.5) is 11.6 Å². The summed E-state index contributed by atoms with van der Waals surface area (Å²) in [7, 11) is 3.86. The van der Waals surface area contributed by atoms with Gasteiger partial charge in [0, 0.05) is 38.8 Å². The molecule has 24 heavy (non-hydrogen) atoms. The van der Waals surface area contributed by atoms with Crippen LogP contribution < -0.4 is 15.0 Å². The normalized spacial score (nSPS) is 15.3. The van der Waals surface area contributed by atoms with Crippen LogP contribution >= 0.6 is 0 Å². The Morgan fingerprint density at radius 2 is 1.92 bits per heavy atom. The minimum atomic E-state index is 0.805. The maximum atomic E-state index is 5.39. The van der Waals surface area contributed by atoms with Crippen LogP contribution in [0, 0.1) is 0 Å². The number of hydrogen-bond acceptors (Lipinski definition) is 6. The van der Waals surface area contributed by atoms with Crippen molar-refractivity contribution in [3.05, 3.63) is 42.2 Å². The molecule has 0 radical (unpaired) electrons. The number of rotatable bonds is 6. The van der Waals surface area contributed by atoms with E-state index in [0.717, 1.165) is 56.5 Å². The number of aromatic nitrogens is 2. The molecule has 1 aliphatic rings. The summed E-state index contributed by atoms with van der Waals surface area (Å²) in [6.07, 6.45) is 2.52. The number of benzene rings is 1. The Kier molecular flexibility index (Phi) is 5.48. The maximum Gasteiger partial charge on any atom is 0.134 e. The highest BCUT2D eigenvalue weighted by molar-refractivity contribution is 5.49. The van der Waals surface area contributed by atoms with Crippen LogP contribution in [0.5, 0.6) is 5.75 Å². The van der Waals surface area contributed by atoms with Crippen LogP contribution in [0.2, 0.25) is 0 Å². The molecule has 0 saturated carbocycles. The average Bonchev–Trinajstić information content (AvgIpc) is 2.63. The molecule has 0 atom stereocenters. The van der Waals surface area contributed by atoms with Gasteiger partial charge in [0.25, 0.3) is 0 Å². The van der Waals surface area contributed by atoms with E-state index >= 15 is 0 Å². The zero-order valence-electron chi connectivity index (χ0n) is 14.4. The van der Waals surface area contributed by atoms with E-state index in [1.54, 1.807) is 13.4 Å². The van der Waals surface area contributed by atoms with E-state index in [1.165, 1.54) is 5.56 Å². The lowest BCUT2D eigenvalue weighted by Crippen LogP contribution is -2.44. The SMILES string of the molecule is COc1ccccc1CCNc1cc(N2CCN(C)CC2)ncn1. The van der Waals surface area contributed by atoms with Crippen molar-refractivity contribution in [2.24, 2.45) is 0 Å². The van der Waals surface area contributed by atoms with Crippen molar-refractivity contribution in [3.63, 3.8) is 0 Å². The Labute approximate surface area is 143 Å². The third-order valence-electron chi connectivity index (χ3n) is 4.37. The van der Waals surface area contributed by atoms with E-state index in [9.17, 15) is 0 Å². The topological polar surface area (TPSA) is 53.5 Å². The van der Waals surface area contributed by atoms with Gasteiger partial charge in [-0.05, 0) is 25.1 Å². The smallest absolute Gasteiger partial charge is 0.134 e. The van der Waals surface area contributed by atoms with E-state index in [1.807, 2.05) is 24.3 Å². The second-order valence-corrected chi connectivity index (χ2v) is 6.04. The Balaban J connectivity index is 1.57. The van der Waals surface area contributed by atoms with Gasteiger partial charge in [0.15, 0.2) is 0 Å². The number of anilines is 2. The first kappa shape index (κ1) is 16.5. The molecule has 6 nitrogen and oxygen atoms in total. The monoisotopic (exact) mass is 327 g/mol. The number of likely N-dealkylation sites (N-methyl/N-ethyl adjacent to an activating group) is 1. The highest BCUT2D eigenvalue weighted by Gasteiger charge is 2.15. The molecule has 1 aliphatic heterocycles. The molecule has 128 valence electrons. The lowest BCUT2D eigenvalue weighted by Gasteiger charge is -2.33. The predicted molar refractivity (Wildman–Crippen MR) is 96.9 cm³/mol. The van der Waals surface area contributed by atoms with Gasteiger partial charge in [0.2, 0.25) is 0 Å². The fourth-order valence-electron chi connectivity index (χ4n) is 2.89. The Hall–Kier alpha value is -2.34. The van der Waals surface area contributed by atoms with Gasteiger partial charge in [-0.1, -0.05) is 18.2 Å². The van der Waals surface area contributed by atoms with E-state index < -0.39 is 0 Å². The summed E-state index contributed by atoms with van der Waals surface area (Å²) in [5, 5.41) is 3.39. The number of nitrogens with zero attached hydrogens (tertiary/aromatic N) is 4. The van der Waals surface area contributed by atoms with Crippen LogP contribution in [0.1, 0.15) is 5.56 Å². The molecule has 1 saturated heterocycles. The average molecular weight is 327 g/mol. The van der Waals surface area contributed by atoms with E-state index in [4.69, 9.17) is 4.74 Å². The highest BCUT2D eigenvalue weighted by Crippen LogP contribution is 2.19. The zero-order chi connectivity index (χ0) is 16.8. The van der Waals surface area contributed by atoms with Gasteiger partial charge < -0.3 is 19.9 Å². The van der Waals surface area contributed by atoms with Crippen molar-refractivity contribution < 1.29 is 4.74 Å². The summed E-state index contributed by atoms with van der Waals surface area (Å²) in [6.45, 7) is 4.96. The number of para-hydroxylation sites is 1. The summed E-state index contributed by atoms with van der Waals surface area (Å²) < 4.78 is 5.39. The molecular weight excluding hydrogens is 302 g/mol. The number of methoxy groups -OCH3 is 1. The third-order valence-corrected chi connectivity index (χ3v) is 4.37. The molecule has 0 spiro atoms.